The first kappa shape index (κ1) is 14.7. The zero-order chi connectivity index (χ0) is 14.5. The Morgan fingerprint density at radius 1 is 1.25 bits per heavy atom. The zero-order valence-electron chi connectivity index (χ0n) is 11.6. The Balaban J connectivity index is 2.53. The van der Waals surface area contributed by atoms with Gasteiger partial charge in [0.2, 0.25) is 0 Å². The van der Waals surface area contributed by atoms with Crippen LogP contribution in [-0.2, 0) is 6.42 Å². The van der Waals surface area contributed by atoms with Crippen molar-refractivity contribution in [1.29, 1.82) is 0 Å². The summed E-state index contributed by atoms with van der Waals surface area (Å²) in [7, 11) is 0. The molecular weight excluding hydrogens is 277 g/mol. The Morgan fingerprint density at radius 3 is 2.70 bits per heavy atom. The van der Waals surface area contributed by atoms with Gasteiger partial charge in [-0.2, -0.15) is 0 Å². The molecule has 2 aromatic rings. The number of rotatable bonds is 5. The summed E-state index contributed by atoms with van der Waals surface area (Å²) < 4.78 is 13.3. The van der Waals surface area contributed by atoms with E-state index in [1.54, 1.807) is 12.1 Å². The van der Waals surface area contributed by atoms with Gasteiger partial charge in [0, 0.05) is 17.7 Å². The third-order valence-electron chi connectivity index (χ3n) is 2.98. The molecule has 3 nitrogen and oxygen atoms in total. The lowest BCUT2D eigenvalue weighted by molar-refractivity contribution is 0.628. The van der Waals surface area contributed by atoms with E-state index in [0.717, 1.165) is 42.0 Å². The summed E-state index contributed by atoms with van der Waals surface area (Å²) in [6.45, 7) is 4.91. The van der Waals surface area contributed by atoms with E-state index in [1.165, 1.54) is 12.4 Å². The second-order valence-corrected chi connectivity index (χ2v) is 4.87. The number of aromatic nitrogens is 2. The first-order valence-corrected chi connectivity index (χ1v) is 7.08. The van der Waals surface area contributed by atoms with Gasteiger partial charge in [-0.05, 0) is 31.5 Å². The number of nitrogens with zero attached hydrogens (tertiary/aromatic N) is 2. The van der Waals surface area contributed by atoms with E-state index < -0.39 is 5.82 Å². The summed E-state index contributed by atoms with van der Waals surface area (Å²) in [5, 5.41) is 3.34. The van der Waals surface area contributed by atoms with Gasteiger partial charge < -0.3 is 5.32 Å². The maximum atomic E-state index is 13.3. The van der Waals surface area contributed by atoms with Gasteiger partial charge in [0.05, 0.1) is 10.7 Å². The van der Waals surface area contributed by atoms with Crippen molar-refractivity contribution >= 4 is 17.4 Å². The van der Waals surface area contributed by atoms with Crippen molar-refractivity contribution in [2.75, 3.05) is 11.9 Å². The lowest BCUT2D eigenvalue weighted by Crippen LogP contribution is -2.06. The fraction of sp³-hybridized carbons (Fsp3) is 0.333. The summed E-state index contributed by atoms with van der Waals surface area (Å²) >= 11 is 5.86. The molecule has 1 aromatic carbocycles. The summed E-state index contributed by atoms with van der Waals surface area (Å²) in [6.07, 6.45) is 3.35. The van der Waals surface area contributed by atoms with Gasteiger partial charge in [-0.1, -0.05) is 24.9 Å². The molecule has 0 atom stereocenters. The maximum Gasteiger partial charge on any atom is 0.141 e. The van der Waals surface area contributed by atoms with E-state index in [9.17, 15) is 4.39 Å². The van der Waals surface area contributed by atoms with E-state index in [2.05, 4.69) is 22.2 Å². The summed E-state index contributed by atoms with van der Waals surface area (Å²) in [5.74, 6) is 0.410. The predicted molar refractivity (Wildman–Crippen MR) is 80.6 cm³/mol. The smallest absolute Gasteiger partial charge is 0.141 e. The van der Waals surface area contributed by atoms with Crippen molar-refractivity contribution in [2.45, 2.75) is 26.7 Å². The number of hydrogen-bond acceptors (Lipinski definition) is 3. The highest BCUT2D eigenvalue weighted by atomic mass is 35.5. The van der Waals surface area contributed by atoms with E-state index in [0.29, 0.717) is 0 Å². The van der Waals surface area contributed by atoms with E-state index in [4.69, 9.17) is 11.6 Å². The van der Waals surface area contributed by atoms with Crippen LogP contribution < -0.4 is 5.32 Å². The van der Waals surface area contributed by atoms with Gasteiger partial charge in [0.15, 0.2) is 0 Å². The van der Waals surface area contributed by atoms with Crippen LogP contribution in [0.2, 0.25) is 5.02 Å². The van der Waals surface area contributed by atoms with Gasteiger partial charge in [0.1, 0.15) is 18.0 Å². The highest BCUT2D eigenvalue weighted by Gasteiger charge is 2.13. The molecule has 0 spiro atoms. The average Bonchev–Trinajstić information content (AvgIpc) is 2.44. The summed E-state index contributed by atoms with van der Waals surface area (Å²) in [4.78, 5) is 8.63. The SMILES string of the molecule is CCCc1c(NCC)ncnc1-c1ccc(F)c(Cl)c1. The molecule has 0 fully saturated rings. The van der Waals surface area contributed by atoms with Crippen molar-refractivity contribution in [3.8, 4) is 11.3 Å². The minimum absolute atomic E-state index is 0.105. The molecule has 1 aromatic heterocycles. The molecule has 0 radical (unpaired) electrons. The topological polar surface area (TPSA) is 37.8 Å². The molecule has 0 bridgehead atoms. The van der Waals surface area contributed by atoms with E-state index in [-0.39, 0.29) is 5.02 Å². The number of benzene rings is 1. The van der Waals surface area contributed by atoms with Crippen LogP contribution >= 0.6 is 11.6 Å². The van der Waals surface area contributed by atoms with Gasteiger partial charge >= 0.3 is 0 Å². The second kappa shape index (κ2) is 6.66. The van der Waals surface area contributed by atoms with Crippen molar-refractivity contribution in [3.63, 3.8) is 0 Å². The molecule has 5 heteroatoms. The molecule has 1 N–H and O–H groups in total. The lowest BCUT2D eigenvalue weighted by atomic mass is 10.0. The Kier molecular flexibility index (Phi) is 4.90. The third kappa shape index (κ3) is 3.07. The third-order valence-corrected chi connectivity index (χ3v) is 3.27. The van der Waals surface area contributed by atoms with Crippen LogP contribution in [-0.4, -0.2) is 16.5 Å². The molecule has 0 saturated carbocycles. The van der Waals surface area contributed by atoms with E-state index >= 15 is 0 Å². The van der Waals surface area contributed by atoms with Crippen molar-refractivity contribution < 1.29 is 4.39 Å². The quantitative estimate of drug-likeness (QED) is 0.892. The first-order chi connectivity index (χ1) is 9.67. The molecule has 1 heterocycles. The Bertz CT molecular complexity index is 602. The number of hydrogen-bond donors (Lipinski definition) is 1. The fourth-order valence-corrected chi connectivity index (χ4v) is 2.29. The van der Waals surface area contributed by atoms with Crippen molar-refractivity contribution in [1.82, 2.24) is 9.97 Å². The second-order valence-electron chi connectivity index (χ2n) is 4.46. The summed E-state index contributed by atoms with van der Waals surface area (Å²) in [6, 6.07) is 4.66. The van der Waals surface area contributed by atoms with Crippen LogP contribution in [0, 0.1) is 5.82 Å². The molecule has 0 unspecified atom stereocenters. The molecule has 0 aliphatic rings. The highest BCUT2D eigenvalue weighted by Crippen LogP contribution is 2.29. The number of halogens is 2. The largest absolute Gasteiger partial charge is 0.370 e. The molecular formula is C15H17ClFN3. The Morgan fingerprint density at radius 2 is 2.05 bits per heavy atom. The van der Waals surface area contributed by atoms with Gasteiger partial charge in [0.25, 0.3) is 0 Å². The van der Waals surface area contributed by atoms with Crippen LogP contribution in [0.4, 0.5) is 10.2 Å². The van der Waals surface area contributed by atoms with Crippen LogP contribution in [0.5, 0.6) is 0 Å². The zero-order valence-corrected chi connectivity index (χ0v) is 12.3. The van der Waals surface area contributed by atoms with E-state index in [1.807, 2.05) is 6.92 Å². The minimum atomic E-state index is -0.423. The van der Waals surface area contributed by atoms with Crippen LogP contribution in [0.25, 0.3) is 11.3 Å². The van der Waals surface area contributed by atoms with Crippen LogP contribution in [0.3, 0.4) is 0 Å². The average molecular weight is 294 g/mol. The predicted octanol–water partition coefficient (Wildman–Crippen LogP) is 4.32. The maximum absolute atomic E-state index is 13.3. The molecule has 0 aliphatic carbocycles. The highest BCUT2D eigenvalue weighted by molar-refractivity contribution is 6.31. The number of anilines is 1. The Hall–Kier alpha value is -1.68. The number of nitrogens with one attached hydrogen (secondary N) is 1. The fourth-order valence-electron chi connectivity index (χ4n) is 2.11. The lowest BCUT2D eigenvalue weighted by Gasteiger charge is -2.13. The monoisotopic (exact) mass is 293 g/mol. The first-order valence-electron chi connectivity index (χ1n) is 6.70. The molecule has 106 valence electrons. The standard InChI is InChI=1S/C15H17ClFN3/c1-3-5-11-14(19-9-20-15(11)18-4-2)10-6-7-13(17)12(16)8-10/h6-9H,3-5H2,1-2H3,(H,18,19,20). The van der Waals surface area contributed by atoms with Gasteiger partial charge in [-0.15, -0.1) is 0 Å². The molecule has 0 amide bonds. The minimum Gasteiger partial charge on any atom is -0.370 e. The normalized spacial score (nSPS) is 10.6. The van der Waals surface area contributed by atoms with Crippen molar-refractivity contribution in [2.24, 2.45) is 0 Å². The molecule has 0 aliphatic heterocycles. The van der Waals surface area contributed by atoms with Crippen molar-refractivity contribution in [3.05, 3.63) is 40.9 Å². The summed E-state index contributed by atoms with van der Waals surface area (Å²) in [5.41, 5.74) is 2.65. The van der Waals surface area contributed by atoms with Crippen LogP contribution in [0.1, 0.15) is 25.8 Å². The molecule has 20 heavy (non-hydrogen) atoms. The molecule has 2 rings (SSSR count). The van der Waals surface area contributed by atoms with Gasteiger partial charge in [-0.25, -0.2) is 14.4 Å². The molecule has 0 saturated heterocycles. The van der Waals surface area contributed by atoms with Gasteiger partial charge in [-0.3, -0.25) is 0 Å². The Labute approximate surface area is 123 Å². The van der Waals surface area contributed by atoms with Crippen LogP contribution in [0.15, 0.2) is 24.5 Å².